The normalized spacial score (nSPS) is 16.5. The molecule has 1 fully saturated rings. The van der Waals surface area contributed by atoms with Gasteiger partial charge in [-0.3, -0.25) is 9.89 Å². The molecule has 2 aromatic rings. The van der Waals surface area contributed by atoms with Crippen LogP contribution in [0, 0.1) is 18.7 Å². The molecule has 0 aromatic heterocycles. The molecule has 1 aliphatic rings. The molecule has 1 aliphatic heterocycles. The first kappa shape index (κ1) is 24.4. The fourth-order valence-electron chi connectivity index (χ4n) is 4.33. The van der Waals surface area contributed by atoms with Crippen LogP contribution in [0.4, 0.5) is 23.2 Å². The van der Waals surface area contributed by atoms with Crippen molar-refractivity contribution in [2.75, 3.05) is 19.6 Å². The Labute approximate surface area is 188 Å². The van der Waals surface area contributed by atoms with Crippen LogP contribution in [0.25, 0.3) is 0 Å². The molecule has 0 unspecified atom stereocenters. The van der Waals surface area contributed by atoms with Gasteiger partial charge in [-0.1, -0.05) is 31.5 Å². The number of piperidine rings is 1. The highest BCUT2D eigenvalue weighted by Crippen LogP contribution is 2.31. The first-order chi connectivity index (χ1) is 15.2. The van der Waals surface area contributed by atoms with E-state index in [0.29, 0.717) is 24.0 Å². The standard InChI is InChI=1S/C26H32F4N2/c1-3-24(31-25-10-5-4-7-19(25)2)18-32-13-11-20(12-14-32)8-6-9-21-15-22(26(28,29)30)17-23(27)16-21/h4-5,7,10,15-17,20H,3,6,8-9,11-14,18H2,1-2H3/b31-24+. The molecule has 0 aliphatic carbocycles. The zero-order valence-electron chi connectivity index (χ0n) is 18.9. The lowest BCUT2D eigenvalue weighted by atomic mass is 9.90. The summed E-state index contributed by atoms with van der Waals surface area (Å²) in [5.74, 6) is -0.248. The molecule has 1 saturated heterocycles. The summed E-state index contributed by atoms with van der Waals surface area (Å²) in [7, 11) is 0. The van der Waals surface area contributed by atoms with Crippen LogP contribution < -0.4 is 0 Å². The number of alkyl halides is 3. The Kier molecular flexibility index (Phi) is 8.46. The second kappa shape index (κ2) is 11.1. The lowest BCUT2D eigenvalue weighted by molar-refractivity contribution is -0.137. The lowest BCUT2D eigenvalue weighted by Crippen LogP contribution is -2.37. The number of likely N-dealkylation sites (tertiary alicyclic amines) is 1. The molecular weight excluding hydrogens is 416 g/mol. The third-order valence-electron chi connectivity index (χ3n) is 6.28. The number of hydrogen-bond acceptors (Lipinski definition) is 2. The van der Waals surface area contributed by atoms with Crippen molar-refractivity contribution in [3.05, 3.63) is 65.0 Å². The summed E-state index contributed by atoms with van der Waals surface area (Å²) in [6, 6.07) is 11.0. The van der Waals surface area contributed by atoms with Crippen LogP contribution >= 0.6 is 0 Å². The summed E-state index contributed by atoms with van der Waals surface area (Å²) in [5.41, 5.74) is 2.92. The van der Waals surface area contributed by atoms with Crippen molar-refractivity contribution in [3.8, 4) is 0 Å². The van der Waals surface area contributed by atoms with Crippen molar-refractivity contribution in [2.45, 2.75) is 58.5 Å². The van der Waals surface area contributed by atoms with Gasteiger partial charge in [0.15, 0.2) is 0 Å². The topological polar surface area (TPSA) is 15.6 Å². The first-order valence-electron chi connectivity index (χ1n) is 11.5. The van der Waals surface area contributed by atoms with E-state index in [1.807, 2.05) is 18.2 Å². The average Bonchev–Trinajstić information content (AvgIpc) is 2.75. The van der Waals surface area contributed by atoms with E-state index in [1.165, 1.54) is 17.3 Å². The zero-order valence-corrected chi connectivity index (χ0v) is 18.9. The van der Waals surface area contributed by atoms with Crippen LogP contribution in [-0.4, -0.2) is 30.2 Å². The molecule has 2 aromatic carbocycles. The maximum absolute atomic E-state index is 13.6. The van der Waals surface area contributed by atoms with Gasteiger partial charge in [0.2, 0.25) is 0 Å². The minimum Gasteiger partial charge on any atom is -0.298 e. The van der Waals surface area contributed by atoms with E-state index in [9.17, 15) is 17.6 Å². The number of benzene rings is 2. The van der Waals surface area contributed by atoms with Crippen molar-refractivity contribution < 1.29 is 17.6 Å². The number of hydrogen-bond donors (Lipinski definition) is 0. The summed E-state index contributed by atoms with van der Waals surface area (Å²) < 4.78 is 52.2. The number of rotatable bonds is 8. The minimum atomic E-state index is -4.51. The van der Waals surface area contributed by atoms with Crippen molar-refractivity contribution >= 4 is 11.4 Å². The molecular formula is C26H32F4N2. The summed E-state index contributed by atoms with van der Waals surface area (Å²) in [5, 5.41) is 0. The highest BCUT2D eigenvalue weighted by atomic mass is 19.4. The molecule has 6 heteroatoms. The molecule has 0 bridgehead atoms. The Balaban J connectivity index is 1.45. The molecule has 0 saturated carbocycles. The Morgan fingerprint density at radius 3 is 2.47 bits per heavy atom. The second-order valence-electron chi connectivity index (χ2n) is 8.78. The smallest absolute Gasteiger partial charge is 0.298 e. The van der Waals surface area contributed by atoms with Gasteiger partial charge < -0.3 is 0 Å². The summed E-state index contributed by atoms with van der Waals surface area (Å²) >= 11 is 0. The van der Waals surface area contributed by atoms with Crippen LogP contribution in [0.5, 0.6) is 0 Å². The van der Waals surface area contributed by atoms with Crippen LogP contribution in [0.1, 0.15) is 55.7 Å². The first-order valence-corrected chi connectivity index (χ1v) is 11.5. The number of aliphatic imine (C=N–C) groups is 1. The molecule has 2 nitrogen and oxygen atoms in total. The Morgan fingerprint density at radius 1 is 1.09 bits per heavy atom. The van der Waals surface area contributed by atoms with Gasteiger partial charge in [-0.2, -0.15) is 13.2 Å². The molecule has 0 N–H and O–H groups in total. The van der Waals surface area contributed by atoms with Crippen LogP contribution in [0.15, 0.2) is 47.5 Å². The fourth-order valence-corrected chi connectivity index (χ4v) is 4.33. The quantitative estimate of drug-likeness (QED) is 0.304. The van der Waals surface area contributed by atoms with Gasteiger partial charge in [0.05, 0.1) is 11.3 Å². The highest BCUT2D eigenvalue weighted by molar-refractivity contribution is 5.88. The van der Waals surface area contributed by atoms with Gasteiger partial charge in [-0.15, -0.1) is 0 Å². The zero-order chi connectivity index (χ0) is 23.1. The molecule has 1 heterocycles. The summed E-state index contributed by atoms with van der Waals surface area (Å²) in [6.07, 6.45) is 0.788. The SMILES string of the molecule is CC/C(CN1CCC(CCCc2cc(F)cc(C(F)(F)F)c2)CC1)=N\c1ccccc1C. The number of halogens is 4. The van der Waals surface area contributed by atoms with E-state index < -0.39 is 17.6 Å². The molecule has 0 spiro atoms. The molecule has 0 amide bonds. The Bertz CT molecular complexity index is 912. The van der Waals surface area contributed by atoms with Gasteiger partial charge in [0.1, 0.15) is 5.82 Å². The van der Waals surface area contributed by atoms with E-state index in [0.717, 1.165) is 63.5 Å². The third kappa shape index (κ3) is 7.16. The fraction of sp³-hybridized carbons (Fsp3) is 0.500. The molecule has 0 atom stereocenters. The largest absolute Gasteiger partial charge is 0.416 e. The maximum Gasteiger partial charge on any atom is 0.416 e. The second-order valence-corrected chi connectivity index (χ2v) is 8.78. The van der Waals surface area contributed by atoms with E-state index in [1.54, 1.807) is 0 Å². The van der Waals surface area contributed by atoms with E-state index in [4.69, 9.17) is 4.99 Å². The molecule has 174 valence electrons. The van der Waals surface area contributed by atoms with E-state index in [2.05, 4.69) is 24.8 Å². The van der Waals surface area contributed by atoms with Gasteiger partial charge in [0, 0.05) is 12.3 Å². The number of nitrogens with zero attached hydrogens (tertiary/aromatic N) is 2. The van der Waals surface area contributed by atoms with Crippen LogP contribution in [-0.2, 0) is 12.6 Å². The average molecular weight is 449 g/mol. The van der Waals surface area contributed by atoms with E-state index in [-0.39, 0.29) is 0 Å². The predicted molar refractivity (Wildman–Crippen MR) is 122 cm³/mol. The number of para-hydroxylation sites is 1. The highest BCUT2D eigenvalue weighted by Gasteiger charge is 2.31. The van der Waals surface area contributed by atoms with E-state index >= 15 is 0 Å². The molecule has 3 rings (SSSR count). The Morgan fingerprint density at radius 2 is 1.81 bits per heavy atom. The van der Waals surface area contributed by atoms with Crippen molar-refractivity contribution in [1.82, 2.24) is 4.90 Å². The van der Waals surface area contributed by atoms with Gasteiger partial charge in [-0.25, -0.2) is 4.39 Å². The minimum absolute atomic E-state index is 0.426. The third-order valence-corrected chi connectivity index (χ3v) is 6.28. The molecule has 32 heavy (non-hydrogen) atoms. The van der Waals surface area contributed by atoms with Crippen LogP contribution in [0.2, 0.25) is 0 Å². The predicted octanol–water partition coefficient (Wildman–Crippen LogP) is 7.37. The van der Waals surface area contributed by atoms with Gasteiger partial charge >= 0.3 is 6.18 Å². The Hall–Kier alpha value is -2.21. The maximum atomic E-state index is 13.6. The van der Waals surface area contributed by atoms with Crippen LogP contribution in [0.3, 0.4) is 0 Å². The summed E-state index contributed by atoms with van der Waals surface area (Å²) in [6.45, 7) is 7.11. The summed E-state index contributed by atoms with van der Waals surface area (Å²) in [4.78, 5) is 7.31. The monoisotopic (exact) mass is 448 g/mol. The van der Waals surface area contributed by atoms with Crippen molar-refractivity contribution in [2.24, 2.45) is 10.9 Å². The van der Waals surface area contributed by atoms with Crippen molar-refractivity contribution in [3.63, 3.8) is 0 Å². The number of aryl methyl sites for hydroxylation is 2. The lowest BCUT2D eigenvalue weighted by Gasteiger charge is -2.32. The molecule has 0 radical (unpaired) electrons. The van der Waals surface area contributed by atoms with Crippen molar-refractivity contribution in [1.29, 1.82) is 0 Å². The van der Waals surface area contributed by atoms with Gasteiger partial charge in [0.25, 0.3) is 0 Å². The van der Waals surface area contributed by atoms with Gasteiger partial charge in [-0.05, 0) is 93.4 Å².